The van der Waals surface area contributed by atoms with Crippen LogP contribution >= 0.6 is 0 Å². The summed E-state index contributed by atoms with van der Waals surface area (Å²) in [4.78, 5) is 26.5. The summed E-state index contributed by atoms with van der Waals surface area (Å²) < 4.78 is 0. The molecule has 0 spiro atoms. The Balaban J connectivity index is 1.61. The first-order valence-electron chi connectivity index (χ1n) is 14.3. The number of ketones is 1. The SMILES string of the molecule is CN(O)C(=O)[C@]12CCC(C)(C)C[C@H]1C1=CC[C@@H]3[C@@]4(C)CCC(=O)C(C)(C)[C@@H]4CC[C@@]3(C)[C@]1(C)CC2. The zero-order valence-corrected chi connectivity index (χ0v) is 23.6. The van der Waals surface area contributed by atoms with Crippen molar-refractivity contribution in [2.24, 2.45) is 50.2 Å². The van der Waals surface area contributed by atoms with Gasteiger partial charge in [-0.2, -0.15) is 0 Å². The van der Waals surface area contributed by atoms with Crippen LogP contribution in [0.15, 0.2) is 11.6 Å². The number of hydrogen-bond donors (Lipinski definition) is 1. The summed E-state index contributed by atoms with van der Waals surface area (Å²) in [5, 5.41) is 11.2. The Labute approximate surface area is 213 Å². The van der Waals surface area contributed by atoms with E-state index in [1.54, 1.807) is 0 Å². The summed E-state index contributed by atoms with van der Waals surface area (Å²) >= 11 is 0. The molecule has 0 saturated heterocycles. The van der Waals surface area contributed by atoms with E-state index in [4.69, 9.17) is 0 Å². The van der Waals surface area contributed by atoms with Gasteiger partial charge in [-0.05, 0) is 97.2 Å². The first kappa shape index (κ1) is 25.5. The molecule has 0 bridgehead atoms. The van der Waals surface area contributed by atoms with Gasteiger partial charge >= 0.3 is 0 Å². The third-order valence-electron chi connectivity index (χ3n) is 13.1. The minimum absolute atomic E-state index is 0.0609. The molecular formula is C31H49NO3. The smallest absolute Gasteiger partial charge is 0.252 e. The molecule has 1 amide bonds. The monoisotopic (exact) mass is 483 g/mol. The average Bonchev–Trinajstić information content (AvgIpc) is 2.76. The number of carbonyl (C=O) groups is 2. The predicted octanol–water partition coefficient (Wildman–Crippen LogP) is 7.20. The standard InChI is InChI=1S/C31H49NO3/c1-26(2)15-17-31(25(34)32(8)35)18-16-29(6)20(21(31)19-26)9-10-23-28(5)13-12-24(33)27(3,4)22(28)11-14-30(23,29)7/h9,21-23,35H,10-19H2,1-8H3/t21-,22-,23+,28-,29+,30+,31-/m0/s1. The van der Waals surface area contributed by atoms with E-state index in [-0.39, 0.29) is 38.9 Å². The first-order valence-corrected chi connectivity index (χ1v) is 14.3. The first-order chi connectivity index (χ1) is 16.1. The fourth-order valence-electron chi connectivity index (χ4n) is 10.7. The van der Waals surface area contributed by atoms with Crippen molar-refractivity contribution in [1.29, 1.82) is 0 Å². The van der Waals surface area contributed by atoms with Crippen molar-refractivity contribution >= 4 is 11.7 Å². The molecule has 5 aliphatic carbocycles. The normalized spacial score (nSPS) is 48.0. The molecule has 0 aromatic rings. The van der Waals surface area contributed by atoms with Gasteiger partial charge in [-0.1, -0.05) is 60.1 Å². The van der Waals surface area contributed by atoms with Crippen molar-refractivity contribution in [3.05, 3.63) is 11.6 Å². The second-order valence-electron chi connectivity index (χ2n) is 15.3. The van der Waals surface area contributed by atoms with Crippen LogP contribution in [0.3, 0.4) is 0 Å². The van der Waals surface area contributed by atoms with Crippen LogP contribution in [0.5, 0.6) is 0 Å². The van der Waals surface area contributed by atoms with Crippen LogP contribution in [0.1, 0.15) is 113 Å². The zero-order valence-electron chi connectivity index (χ0n) is 23.6. The minimum atomic E-state index is -0.464. The fraction of sp³-hybridized carbons (Fsp3) is 0.871. The summed E-state index contributed by atoms with van der Waals surface area (Å²) in [5.41, 5.74) is 1.44. The minimum Gasteiger partial charge on any atom is -0.299 e. The quantitative estimate of drug-likeness (QED) is 0.244. The number of amides is 1. The molecule has 0 aromatic carbocycles. The largest absolute Gasteiger partial charge is 0.299 e. The molecule has 7 atom stereocenters. The van der Waals surface area contributed by atoms with Crippen molar-refractivity contribution in [1.82, 2.24) is 5.06 Å². The molecule has 196 valence electrons. The molecule has 0 aliphatic heterocycles. The topological polar surface area (TPSA) is 57.6 Å². The lowest BCUT2D eigenvalue weighted by Gasteiger charge is -2.70. The van der Waals surface area contributed by atoms with E-state index in [1.807, 2.05) is 0 Å². The van der Waals surface area contributed by atoms with E-state index in [0.29, 0.717) is 17.6 Å². The van der Waals surface area contributed by atoms with Crippen molar-refractivity contribution in [3.8, 4) is 0 Å². The number of fused-ring (bicyclic) bond motifs is 7. The van der Waals surface area contributed by atoms with E-state index in [2.05, 4.69) is 54.5 Å². The summed E-state index contributed by atoms with van der Waals surface area (Å²) in [5.74, 6) is 1.61. The number of carbonyl (C=O) groups excluding carboxylic acids is 2. The van der Waals surface area contributed by atoms with E-state index in [1.165, 1.54) is 19.0 Å². The number of hydroxylamine groups is 2. The van der Waals surface area contributed by atoms with E-state index in [9.17, 15) is 14.8 Å². The van der Waals surface area contributed by atoms with E-state index < -0.39 is 5.41 Å². The second kappa shape index (κ2) is 7.45. The highest BCUT2D eigenvalue weighted by Crippen LogP contribution is 2.75. The van der Waals surface area contributed by atoms with Crippen LogP contribution in [-0.4, -0.2) is 29.0 Å². The molecule has 4 heteroatoms. The molecule has 5 rings (SSSR count). The van der Waals surface area contributed by atoms with E-state index >= 15 is 0 Å². The highest BCUT2D eigenvalue weighted by Gasteiger charge is 2.69. The van der Waals surface area contributed by atoms with Crippen molar-refractivity contribution < 1.29 is 14.8 Å². The third-order valence-corrected chi connectivity index (χ3v) is 13.1. The average molecular weight is 484 g/mol. The summed E-state index contributed by atoms with van der Waals surface area (Å²) in [6.07, 6.45) is 12.5. The molecule has 0 aromatic heterocycles. The van der Waals surface area contributed by atoms with Gasteiger partial charge in [-0.3, -0.25) is 14.8 Å². The number of rotatable bonds is 1. The van der Waals surface area contributed by atoms with Gasteiger partial charge in [0, 0.05) is 18.9 Å². The van der Waals surface area contributed by atoms with E-state index in [0.717, 1.165) is 62.9 Å². The lowest BCUT2D eigenvalue weighted by atomic mass is 9.33. The van der Waals surface area contributed by atoms with Gasteiger partial charge in [-0.25, -0.2) is 5.06 Å². The van der Waals surface area contributed by atoms with Crippen LogP contribution in [0, 0.1) is 50.2 Å². The summed E-state index contributed by atoms with van der Waals surface area (Å²) in [7, 11) is 1.52. The van der Waals surface area contributed by atoms with Crippen LogP contribution in [-0.2, 0) is 9.59 Å². The fourth-order valence-corrected chi connectivity index (χ4v) is 10.7. The molecule has 0 radical (unpaired) electrons. The lowest BCUT2D eigenvalue weighted by molar-refractivity contribution is -0.196. The molecule has 1 N–H and O–H groups in total. The second-order valence-corrected chi connectivity index (χ2v) is 15.3. The van der Waals surface area contributed by atoms with Gasteiger partial charge in [0.15, 0.2) is 0 Å². The lowest BCUT2D eigenvalue weighted by Crippen LogP contribution is -2.65. The summed E-state index contributed by atoms with van der Waals surface area (Å²) in [6.45, 7) is 16.7. The Morgan fingerprint density at radius 3 is 2.26 bits per heavy atom. The van der Waals surface area contributed by atoms with Crippen LogP contribution < -0.4 is 0 Å². The van der Waals surface area contributed by atoms with Crippen LogP contribution in [0.2, 0.25) is 0 Å². The summed E-state index contributed by atoms with van der Waals surface area (Å²) in [6, 6.07) is 0. The van der Waals surface area contributed by atoms with Gasteiger partial charge in [-0.15, -0.1) is 0 Å². The van der Waals surface area contributed by atoms with Gasteiger partial charge in [0.25, 0.3) is 5.91 Å². The molecule has 4 nitrogen and oxygen atoms in total. The van der Waals surface area contributed by atoms with Gasteiger partial charge in [0.2, 0.25) is 0 Å². The Hall–Kier alpha value is -1.16. The number of hydrogen-bond acceptors (Lipinski definition) is 3. The predicted molar refractivity (Wildman–Crippen MR) is 139 cm³/mol. The Bertz CT molecular complexity index is 978. The zero-order chi connectivity index (χ0) is 25.8. The maximum absolute atomic E-state index is 13.6. The van der Waals surface area contributed by atoms with Crippen LogP contribution in [0.25, 0.3) is 0 Å². The van der Waals surface area contributed by atoms with Crippen LogP contribution in [0.4, 0.5) is 0 Å². The van der Waals surface area contributed by atoms with Gasteiger partial charge in [0.1, 0.15) is 5.78 Å². The van der Waals surface area contributed by atoms with Gasteiger partial charge < -0.3 is 0 Å². The molecular weight excluding hydrogens is 434 g/mol. The molecule has 5 aliphatic rings. The Kier molecular flexibility index (Phi) is 5.43. The number of nitrogens with zero attached hydrogens (tertiary/aromatic N) is 1. The molecule has 4 fully saturated rings. The van der Waals surface area contributed by atoms with Gasteiger partial charge in [0.05, 0.1) is 5.41 Å². The van der Waals surface area contributed by atoms with Crippen molar-refractivity contribution in [3.63, 3.8) is 0 Å². The molecule has 4 saturated carbocycles. The maximum atomic E-state index is 13.6. The van der Waals surface area contributed by atoms with Crippen molar-refractivity contribution in [2.45, 2.75) is 113 Å². The number of allylic oxidation sites excluding steroid dienone is 2. The highest BCUT2D eigenvalue weighted by molar-refractivity contribution is 5.85. The Morgan fingerprint density at radius 2 is 1.60 bits per heavy atom. The molecule has 0 unspecified atom stereocenters. The highest BCUT2D eigenvalue weighted by atomic mass is 16.5. The molecule has 0 heterocycles. The Morgan fingerprint density at radius 1 is 0.943 bits per heavy atom. The molecule has 35 heavy (non-hydrogen) atoms. The maximum Gasteiger partial charge on any atom is 0.252 e. The number of Topliss-reactive ketones (excluding diaryl/α,β-unsaturated/α-hetero) is 1. The third kappa shape index (κ3) is 3.13. The van der Waals surface area contributed by atoms with Crippen molar-refractivity contribution in [2.75, 3.05) is 7.05 Å².